The van der Waals surface area contributed by atoms with Crippen LogP contribution < -0.4 is 16.2 Å². The fraction of sp³-hybridized carbons (Fsp3) is 0.350. The topological polar surface area (TPSA) is 109 Å². The molecule has 168 valence electrons. The second-order valence-electron chi connectivity index (χ2n) is 7.63. The molecule has 0 atom stereocenters. The van der Waals surface area contributed by atoms with Crippen molar-refractivity contribution < 1.29 is 27.5 Å². The van der Waals surface area contributed by atoms with Crippen molar-refractivity contribution in [2.24, 2.45) is 0 Å². The van der Waals surface area contributed by atoms with Crippen molar-refractivity contribution in [1.82, 2.24) is 9.47 Å². The van der Waals surface area contributed by atoms with Gasteiger partial charge in [-0.3, -0.25) is 9.69 Å². The number of carboxylic acids is 1. The van der Waals surface area contributed by atoms with Crippen molar-refractivity contribution in [3.8, 4) is 0 Å². The second-order valence-corrected chi connectivity index (χ2v) is 8.56. The highest BCUT2D eigenvalue weighted by Crippen LogP contribution is 2.39. The van der Waals surface area contributed by atoms with Crippen LogP contribution in [0.15, 0.2) is 29.5 Å². The zero-order valence-corrected chi connectivity index (χ0v) is 17.6. The van der Waals surface area contributed by atoms with Crippen molar-refractivity contribution >= 4 is 34.3 Å². The van der Waals surface area contributed by atoms with E-state index in [4.69, 9.17) is 8.83 Å². The molecule has 2 aromatic heterocycles. The van der Waals surface area contributed by atoms with Crippen LogP contribution in [-0.2, 0) is 12.4 Å². The van der Waals surface area contributed by atoms with Gasteiger partial charge in [0, 0.05) is 26.2 Å². The monoisotopic (exact) mass is 465 g/mol. The quantitative estimate of drug-likeness (QED) is 0.620. The number of anilines is 1. The van der Waals surface area contributed by atoms with Crippen LogP contribution in [0.1, 0.15) is 21.9 Å². The van der Waals surface area contributed by atoms with Gasteiger partial charge in [0.1, 0.15) is 22.8 Å². The van der Waals surface area contributed by atoms with Crippen molar-refractivity contribution in [2.45, 2.75) is 24.4 Å². The first-order chi connectivity index (χ1) is 15.3. The first kappa shape index (κ1) is 20.8. The molecule has 1 aromatic carbocycles. The third-order valence-corrected chi connectivity index (χ3v) is 6.89. The number of hydrogen-bond donors (Lipinski definition) is 1. The number of halogens is 2. The number of nitrogens with zero attached hydrogens (tertiary/aromatic N) is 3. The molecule has 0 aliphatic carbocycles. The van der Waals surface area contributed by atoms with Gasteiger partial charge >= 0.3 is 11.8 Å². The Morgan fingerprint density at radius 1 is 1.19 bits per heavy atom. The SMILES string of the molecule is Cc1oc(=O)oc1CN1CCN(c2c(F)cc3c(=O)c(C(=O)O)c4n(c3c2F)CS4)CC1. The van der Waals surface area contributed by atoms with Crippen molar-refractivity contribution in [2.75, 3.05) is 31.1 Å². The minimum atomic E-state index is -1.42. The maximum absolute atomic E-state index is 15.5. The molecular formula is C20H17F2N3O6S. The summed E-state index contributed by atoms with van der Waals surface area (Å²) in [5.41, 5.74) is -1.67. The molecule has 1 fully saturated rings. The zero-order valence-electron chi connectivity index (χ0n) is 16.8. The second kappa shape index (κ2) is 7.48. The lowest BCUT2D eigenvalue weighted by atomic mass is 10.1. The summed E-state index contributed by atoms with van der Waals surface area (Å²) in [6.45, 7) is 3.49. The van der Waals surface area contributed by atoms with Gasteiger partial charge in [-0.2, -0.15) is 0 Å². The van der Waals surface area contributed by atoms with Crippen molar-refractivity contribution in [3.63, 3.8) is 0 Å². The highest BCUT2D eigenvalue weighted by Gasteiger charge is 2.32. The number of carbonyl (C=O) groups is 1. The van der Waals surface area contributed by atoms with Crippen LogP contribution in [-0.4, -0.2) is 46.7 Å². The van der Waals surface area contributed by atoms with Gasteiger partial charge in [0.05, 0.1) is 28.4 Å². The van der Waals surface area contributed by atoms with Crippen LogP contribution in [0.2, 0.25) is 0 Å². The summed E-state index contributed by atoms with van der Waals surface area (Å²) in [6.07, 6.45) is 0. The van der Waals surface area contributed by atoms with Gasteiger partial charge in [-0.05, 0) is 13.0 Å². The first-order valence-corrected chi connectivity index (χ1v) is 10.8. The van der Waals surface area contributed by atoms with E-state index < -0.39 is 34.4 Å². The molecule has 32 heavy (non-hydrogen) atoms. The van der Waals surface area contributed by atoms with Gasteiger partial charge in [0.2, 0.25) is 5.43 Å². The van der Waals surface area contributed by atoms with Gasteiger partial charge < -0.3 is 23.4 Å². The molecule has 12 heteroatoms. The van der Waals surface area contributed by atoms with Crippen molar-refractivity contribution in [1.29, 1.82) is 0 Å². The Balaban J connectivity index is 1.47. The van der Waals surface area contributed by atoms with Crippen LogP contribution in [0, 0.1) is 18.6 Å². The molecule has 2 aliphatic heterocycles. The van der Waals surface area contributed by atoms with Crippen LogP contribution in [0.5, 0.6) is 0 Å². The van der Waals surface area contributed by atoms with Crippen LogP contribution in [0.25, 0.3) is 10.9 Å². The number of fused-ring (bicyclic) bond motifs is 3. The predicted octanol–water partition coefficient (Wildman–Crippen LogP) is 2.22. The minimum absolute atomic E-state index is 0.0802. The van der Waals surface area contributed by atoms with E-state index >= 15 is 4.39 Å². The van der Waals surface area contributed by atoms with E-state index in [2.05, 4.69) is 0 Å². The summed E-state index contributed by atoms with van der Waals surface area (Å²) >= 11 is 1.14. The molecule has 9 nitrogen and oxygen atoms in total. The van der Waals surface area contributed by atoms with E-state index in [1.54, 1.807) is 11.8 Å². The third kappa shape index (κ3) is 3.13. The standard InChI is InChI=1S/C20H17F2N3O6S/c1-9-12(31-20(29)30-9)7-23-2-4-24(5-3-23)16-11(21)6-10-15(14(16)22)25-8-32-18(25)13(17(10)26)19(27)28/h6H,2-5,7-8H2,1H3,(H,27,28). The van der Waals surface area contributed by atoms with Crippen LogP contribution >= 0.6 is 11.8 Å². The normalized spacial score (nSPS) is 16.3. The van der Waals surface area contributed by atoms with Crippen LogP contribution in [0.3, 0.4) is 0 Å². The number of pyridine rings is 1. The Hall–Kier alpha value is -3.12. The maximum Gasteiger partial charge on any atom is 0.519 e. The highest BCUT2D eigenvalue weighted by molar-refractivity contribution is 7.99. The summed E-state index contributed by atoms with van der Waals surface area (Å²) in [4.78, 5) is 38.8. The molecule has 4 heterocycles. The highest BCUT2D eigenvalue weighted by atomic mass is 32.2. The zero-order chi connectivity index (χ0) is 22.7. The molecule has 3 aromatic rings. The summed E-state index contributed by atoms with van der Waals surface area (Å²) in [5.74, 6) is -2.90. The van der Waals surface area contributed by atoms with Crippen molar-refractivity contribution in [3.05, 3.63) is 55.6 Å². The molecular weight excluding hydrogens is 448 g/mol. The molecule has 0 saturated carbocycles. The number of carboxylic acid groups (broad SMARTS) is 1. The number of aryl methyl sites for hydroxylation is 1. The lowest BCUT2D eigenvalue weighted by Gasteiger charge is -2.36. The summed E-state index contributed by atoms with van der Waals surface area (Å²) in [5, 5.41) is 9.24. The largest absolute Gasteiger partial charge is 0.519 e. The molecule has 0 amide bonds. The average Bonchev–Trinajstić information content (AvgIpc) is 3.03. The van der Waals surface area contributed by atoms with Gasteiger partial charge in [0.15, 0.2) is 11.6 Å². The Morgan fingerprint density at radius 2 is 1.91 bits per heavy atom. The Kier molecular flexibility index (Phi) is 4.86. The molecule has 0 radical (unpaired) electrons. The van der Waals surface area contributed by atoms with E-state index in [1.165, 1.54) is 4.57 Å². The Morgan fingerprint density at radius 3 is 2.47 bits per heavy atom. The maximum atomic E-state index is 15.5. The van der Waals surface area contributed by atoms with Gasteiger partial charge in [0.25, 0.3) is 0 Å². The van der Waals surface area contributed by atoms with E-state index in [0.29, 0.717) is 44.2 Å². The lowest BCUT2D eigenvalue weighted by molar-refractivity contribution is 0.0689. The summed E-state index contributed by atoms with van der Waals surface area (Å²) < 4.78 is 41.8. The molecule has 2 aliphatic rings. The summed E-state index contributed by atoms with van der Waals surface area (Å²) in [7, 11) is 0. The molecule has 5 rings (SSSR count). The lowest BCUT2D eigenvalue weighted by Crippen LogP contribution is -2.46. The average molecular weight is 465 g/mol. The number of aromatic carboxylic acids is 1. The first-order valence-electron chi connectivity index (χ1n) is 9.77. The molecule has 1 saturated heterocycles. The van der Waals surface area contributed by atoms with E-state index in [0.717, 1.165) is 17.8 Å². The van der Waals surface area contributed by atoms with Gasteiger partial charge in [-0.1, -0.05) is 11.8 Å². The van der Waals surface area contributed by atoms with E-state index in [1.807, 2.05) is 4.90 Å². The van der Waals surface area contributed by atoms with E-state index in [9.17, 15) is 23.9 Å². The number of piperazine rings is 1. The third-order valence-electron chi connectivity index (χ3n) is 5.80. The number of benzene rings is 1. The predicted molar refractivity (Wildman–Crippen MR) is 110 cm³/mol. The fourth-order valence-corrected chi connectivity index (χ4v) is 5.10. The number of aromatic nitrogens is 1. The smallest absolute Gasteiger partial charge is 0.477 e. The molecule has 0 unspecified atom stereocenters. The number of thioether (sulfide) groups is 1. The molecule has 1 N–H and O–H groups in total. The van der Waals surface area contributed by atoms with E-state index in [-0.39, 0.29) is 27.5 Å². The van der Waals surface area contributed by atoms with Gasteiger partial charge in [-0.25, -0.2) is 18.4 Å². The Labute approximate surface area is 182 Å². The Bertz CT molecular complexity index is 1390. The molecule has 0 bridgehead atoms. The molecule has 0 spiro atoms. The van der Waals surface area contributed by atoms with Gasteiger partial charge in [-0.15, -0.1) is 0 Å². The number of rotatable bonds is 4. The minimum Gasteiger partial charge on any atom is -0.477 e. The van der Waals surface area contributed by atoms with Crippen LogP contribution in [0.4, 0.5) is 14.5 Å². The number of hydrogen-bond acceptors (Lipinski definition) is 8. The summed E-state index contributed by atoms with van der Waals surface area (Å²) in [6, 6.07) is 0.925. The fourth-order valence-electron chi connectivity index (χ4n) is 4.16.